The average Bonchev–Trinajstić information content (AvgIpc) is 2.59. The van der Waals surface area contributed by atoms with Crippen LogP contribution in [0.5, 0.6) is 11.5 Å². The van der Waals surface area contributed by atoms with Crippen LogP contribution in [-0.4, -0.2) is 53.7 Å². The first-order chi connectivity index (χ1) is 11.8. The lowest BCUT2D eigenvalue weighted by atomic mass is 10.3. The third kappa shape index (κ3) is 6.89. The first kappa shape index (κ1) is 21.2. The van der Waals surface area contributed by atoms with Gasteiger partial charge in [0.1, 0.15) is 0 Å². The highest BCUT2D eigenvalue weighted by Crippen LogP contribution is 2.30. The fraction of sp³-hybridized carbons (Fsp3) is 0.562. The molecule has 0 bridgehead atoms. The van der Waals surface area contributed by atoms with E-state index in [1.165, 1.54) is 18.2 Å². The van der Waals surface area contributed by atoms with Crippen molar-refractivity contribution in [2.24, 2.45) is 0 Å². The number of benzene rings is 1. The lowest BCUT2D eigenvalue weighted by Crippen LogP contribution is -2.42. The maximum absolute atomic E-state index is 12.4. The second kappa shape index (κ2) is 10.2. The zero-order chi connectivity index (χ0) is 18.9. The number of hydrogen-bond acceptors (Lipinski definition) is 6. The Morgan fingerprint density at radius 2 is 1.80 bits per heavy atom. The van der Waals surface area contributed by atoms with Crippen molar-refractivity contribution in [1.29, 1.82) is 0 Å². The number of ether oxygens (including phenoxy) is 2. The number of hydrogen-bond donors (Lipinski definition) is 3. The summed E-state index contributed by atoms with van der Waals surface area (Å²) in [6.45, 7) is 6.42. The molecular weight excluding hydrogens is 346 g/mol. The molecule has 9 heteroatoms. The predicted molar refractivity (Wildman–Crippen MR) is 95.5 cm³/mol. The molecule has 0 saturated carbocycles. The Balaban J connectivity index is 2.77. The highest BCUT2D eigenvalue weighted by Gasteiger charge is 2.18. The molecule has 1 amide bonds. The predicted octanol–water partition coefficient (Wildman–Crippen LogP) is 0.486. The van der Waals surface area contributed by atoms with E-state index in [2.05, 4.69) is 15.4 Å². The summed E-state index contributed by atoms with van der Waals surface area (Å²) in [7, 11) is -2.05. The first-order valence-corrected chi connectivity index (χ1v) is 9.65. The minimum absolute atomic E-state index is 0.01000. The second-order valence-electron chi connectivity index (χ2n) is 5.29. The van der Waals surface area contributed by atoms with Crippen molar-refractivity contribution in [2.45, 2.75) is 31.7 Å². The van der Waals surface area contributed by atoms with Crippen LogP contribution >= 0.6 is 0 Å². The summed E-state index contributed by atoms with van der Waals surface area (Å²) in [4.78, 5) is 11.7. The molecule has 0 aromatic heterocycles. The van der Waals surface area contributed by atoms with Crippen molar-refractivity contribution in [3.63, 3.8) is 0 Å². The number of likely N-dealkylation sites (N-methyl/N-ethyl adjacent to an activating group) is 1. The Bertz CT molecular complexity index is 664. The third-order valence-electron chi connectivity index (χ3n) is 3.35. The Labute approximate surface area is 149 Å². The molecule has 3 N–H and O–H groups in total. The van der Waals surface area contributed by atoms with Gasteiger partial charge in [-0.25, -0.2) is 13.1 Å². The van der Waals surface area contributed by atoms with Crippen molar-refractivity contribution in [3.05, 3.63) is 18.2 Å². The summed E-state index contributed by atoms with van der Waals surface area (Å²) in [5, 5.41) is 5.61. The summed E-state index contributed by atoms with van der Waals surface area (Å²) in [6.07, 6.45) is 0. The van der Waals surface area contributed by atoms with Gasteiger partial charge in [-0.2, -0.15) is 0 Å². The van der Waals surface area contributed by atoms with Crippen LogP contribution in [0.2, 0.25) is 0 Å². The Kier molecular flexibility index (Phi) is 8.67. The Morgan fingerprint density at radius 3 is 2.40 bits per heavy atom. The van der Waals surface area contributed by atoms with E-state index in [9.17, 15) is 13.2 Å². The van der Waals surface area contributed by atoms with Gasteiger partial charge >= 0.3 is 0 Å². The molecular formula is C16H27N3O5S. The van der Waals surface area contributed by atoms with E-state index in [1.807, 2.05) is 13.8 Å². The molecule has 0 radical (unpaired) electrons. The minimum Gasteiger partial charge on any atom is -0.490 e. The Morgan fingerprint density at radius 1 is 1.16 bits per heavy atom. The van der Waals surface area contributed by atoms with Gasteiger partial charge in [0.25, 0.3) is 0 Å². The van der Waals surface area contributed by atoms with Gasteiger partial charge in [-0.1, -0.05) is 0 Å². The van der Waals surface area contributed by atoms with E-state index in [-0.39, 0.29) is 17.5 Å². The molecule has 1 rings (SSSR count). The summed E-state index contributed by atoms with van der Waals surface area (Å²) in [5.74, 6) is 0.420. The molecule has 0 heterocycles. The standard InChI is InChI=1S/C16H27N3O5S/c1-5-23-14-8-7-13(9-15(14)24-6-2)25(21,22)19-11-16(20)18-10-12(3)17-4/h7-9,12,17,19H,5-6,10-11H2,1-4H3,(H,18,20). The fourth-order valence-electron chi connectivity index (χ4n) is 1.87. The Hall–Kier alpha value is -1.84. The third-order valence-corrected chi connectivity index (χ3v) is 4.75. The monoisotopic (exact) mass is 373 g/mol. The van der Waals surface area contributed by atoms with Gasteiger partial charge < -0.3 is 20.1 Å². The van der Waals surface area contributed by atoms with Crippen molar-refractivity contribution < 1.29 is 22.7 Å². The number of nitrogens with one attached hydrogen (secondary N) is 3. The van der Waals surface area contributed by atoms with Crippen molar-refractivity contribution in [2.75, 3.05) is 33.4 Å². The molecule has 142 valence electrons. The topological polar surface area (TPSA) is 106 Å². The van der Waals surface area contributed by atoms with Crippen LogP contribution in [0.1, 0.15) is 20.8 Å². The zero-order valence-electron chi connectivity index (χ0n) is 15.1. The number of sulfonamides is 1. The molecule has 0 spiro atoms. The van der Waals surface area contributed by atoms with E-state index in [0.717, 1.165) is 0 Å². The van der Waals surface area contributed by atoms with Gasteiger partial charge in [-0.05, 0) is 40.0 Å². The molecule has 1 atom stereocenters. The molecule has 25 heavy (non-hydrogen) atoms. The van der Waals surface area contributed by atoms with Crippen molar-refractivity contribution in [1.82, 2.24) is 15.4 Å². The van der Waals surface area contributed by atoms with Crippen LogP contribution < -0.4 is 24.8 Å². The minimum atomic E-state index is -3.83. The number of carbonyl (C=O) groups is 1. The van der Waals surface area contributed by atoms with Crippen LogP contribution in [-0.2, 0) is 14.8 Å². The van der Waals surface area contributed by atoms with Gasteiger partial charge in [0.2, 0.25) is 15.9 Å². The van der Waals surface area contributed by atoms with Crippen LogP contribution in [0, 0.1) is 0 Å². The summed E-state index contributed by atoms with van der Waals surface area (Å²) in [5.41, 5.74) is 0. The smallest absolute Gasteiger partial charge is 0.241 e. The zero-order valence-corrected chi connectivity index (χ0v) is 15.9. The van der Waals surface area contributed by atoms with Gasteiger partial charge in [-0.15, -0.1) is 0 Å². The summed E-state index contributed by atoms with van der Waals surface area (Å²) in [6, 6.07) is 4.44. The van der Waals surface area contributed by atoms with Crippen LogP contribution in [0.3, 0.4) is 0 Å². The SMILES string of the molecule is CCOc1ccc(S(=O)(=O)NCC(=O)NCC(C)NC)cc1OCC. The van der Waals surface area contributed by atoms with Crippen LogP contribution in [0.25, 0.3) is 0 Å². The first-order valence-electron chi connectivity index (χ1n) is 8.17. The summed E-state index contributed by atoms with van der Waals surface area (Å²) < 4.78 is 37.8. The fourth-order valence-corrected chi connectivity index (χ4v) is 2.87. The highest BCUT2D eigenvalue weighted by atomic mass is 32.2. The van der Waals surface area contributed by atoms with Gasteiger partial charge in [-0.3, -0.25) is 4.79 Å². The molecule has 0 aliphatic rings. The van der Waals surface area contributed by atoms with E-state index < -0.39 is 15.9 Å². The molecule has 0 saturated heterocycles. The average molecular weight is 373 g/mol. The summed E-state index contributed by atoms with van der Waals surface area (Å²) >= 11 is 0. The maximum atomic E-state index is 12.4. The van der Waals surface area contributed by atoms with Crippen molar-refractivity contribution >= 4 is 15.9 Å². The van der Waals surface area contributed by atoms with Gasteiger partial charge in [0.05, 0.1) is 24.7 Å². The molecule has 0 aliphatic heterocycles. The van der Waals surface area contributed by atoms with E-state index in [0.29, 0.717) is 31.3 Å². The van der Waals surface area contributed by atoms with E-state index in [4.69, 9.17) is 9.47 Å². The van der Waals surface area contributed by atoms with E-state index in [1.54, 1.807) is 14.0 Å². The lowest BCUT2D eigenvalue weighted by Gasteiger charge is -2.14. The van der Waals surface area contributed by atoms with Crippen LogP contribution in [0.15, 0.2) is 23.1 Å². The molecule has 0 aliphatic carbocycles. The number of amides is 1. The molecule has 8 nitrogen and oxygen atoms in total. The molecule has 1 aromatic rings. The highest BCUT2D eigenvalue weighted by molar-refractivity contribution is 7.89. The quantitative estimate of drug-likeness (QED) is 0.521. The largest absolute Gasteiger partial charge is 0.490 e. The van der Waals surface area contributed by atoms with Crippen molar-refractivity contribution in [3.8, 4) is 11.5 Å². The number of rotatable bonds is 11. The molecule has 1 aromatic carbocycles. The van der Waals surface area contributed by atoms with E-state index >= 15 is 0 Å². The molecule has 0 fully saturated rings. The van der Waals surface area contributed by atoms with Crippen LogP contribution in [0.4, 0.5) is 0 Å². The second-order valence-corrected chi connectivity index (χ2v) is 7.06. The van der Waals surface area contributed by atoms with Gasteiger partial charge in [0, 0.05) is 18.7 Å². The number of carbonyl (C=O) groups excluding carboxylic acids is 1. The maximum Gasteiger partial charge on any atom is 0.241 e. The molecule has 1 unspecified atom stereocenters. The van der Waals surface area contributed by atoms with Gasteiger partial charge in [0.15, 0.2) is 11.5 Å². The normalized spacial score (nSPS) is 12.5. The lowest BCUT2D eigenvalue weighted by molar-refractivity contribution is -0.120.